The number of rotatable bonds is 10. The van der Waals surface area contributed by atoms with Gasteiger partial charge in [0.25, 0.3) is 10.0 Å². The second-order valence-corrected chi connectivity index (χ2v) is 10.7. The van der Waals surface area contributed by atoms with Gasteiger partial charge in [-0.25, -0.2) is 17.2 Å². The van der Waals surface area contributed by atoms with Crippen molar-refractivity contribution in [2.24, 2.45) is 0 Å². The van der Waals surface area contributed by atoms with Crippen molar-refractivity contribution in [1.82, 2.24) is 9.29 Å². The van der Waals surface area contributed by atoms with Crippen molar-refractivity contribution in [3.05, 3.63) is 71.0 Å². The molecular formula is C27H30N2O7S. The van der Waals surface area contributed by atoms with E-state index in [9.17, 15) is 18.0 Å². The average Bonchev–Trinajstić information content (AvgIpc) is 3.48. The third-order valence-electron chi connectivity index (χ3n) is 6.25. The number of nitrogens with zero attached hydrogens (tertiary/aromatic N) is 1. The second kappa shape index (κ2) is 10.9. The summed E-state index contributed by atoms with van der Waals surface area (Å²) in [5.41, 5.74) is 2.56. The molecule has 37 heavy (non-hydrogen) atoms. The van der Waals surface area contributed by atoms with Gasteiger partial charge < -0.3 is 19.5 Å². The number of benzene rings is 2. The van der Waals surface area contributed by atoms with Gasteiger partial charge in [-0.1, -0.05) is 29.8 Å². The van der Waals surface area contributed by atoms with Gasteiger partial charge in [-0.3, -0.25) is 4.79 Å². The van der Waals surface area contributed by atoms with E-state index in [1.165, 1.54) is 16.2 Å². The molecule has 4 rings (SSSR count). The topological polar surface area (TPSA) is 113 Å². The summed E-state index contributed by atoms with van der Waals surface area (Å²) in [5, 5.41) is 3.01. The molecule has 2 heterocycles. The van der Waals surface area contributed by atoms with Crippen LogP contribution in [0, 0.1) is 6.92 Å². The van der Waals surface area contributed by atoms with Crippen LogP contribution in [0.1, 0.15) is 37.0 Å². The third-order valence-corrected chi connectivity index (χ3v) is 7.93. The molecule has 1 aromatic heterocycles. The van der Waals surface area contributed by atoms with Gasteiger partial charge in [-0.2, -0.15) is 0 Å². The van der Waals surface area contributed by atoms with Gasteiger partial charge in [0.2, 0.25) is 6.41 Å². The molecule has 9 nitrogen and oxygen atoms in total. The lowest BCUT2D eigenvalue weighted by Gasteiger charge is -2.22. The van der Waals surface area contributed by atoms with E-state index in [1.54, 1.807) is 43.3 Å². The van der Waals surface area contributed by atoms with Crippen molar-refractivity contribution in [2.75, 3.05) is 19.8 Å². The highest BCUT2D eigenvalue weighted by Crippen LogP contribution is 2.33. The number of fused-ring (bicyclic) bond motifs is 1. The number of hydrogen-bond donors (Lipinski definition) is 1. The Balaban J connectivity index is 1.89. The van der Waals surface area contributed by atoms with Crippen LogP contribution in [0.4, 0.5) is 0 Å². The van der Waals surface area contributed by atoms with Crippen LogP contribution in [0.15, 0.2) is 59.3 Å². The highest BCUT2D eigenvalue weighted by molar-refractivity contribution is 7.90. The molecule has 0 radical (unpaired) electrons. The summed E-state index contributed by atoms with van der Waals surface area (Å²) < 4.78 is 45.1. The molecule has 1 aliphatic heterocycles. The molecule has 1 N–H and O–H groups in total. The molecule has 0 atom stereocenters. The Hall–Kier alpha value is -3.47. The predicted octanol–water partition coefficient (Wildman–Crippen LogP) is 3.53. The zero-order valence-electron chi connectivity index (χ0n) is 21.0. The van der Waals surface area contributed by atoms with E-state index in [0.29, 0.717) is 48.9 Å². The highest BCUT2D eigenvalue weighted by atomic mass is 32.2. The van der Waals surface area contributed by atoms with Crippen LogP contribution in [0.25, 0.3) is 17.0 Å². The molecule has 0 aliphatic carbocycles. The number of ether oxygens (including phenoxy) is 3. The Morgan fingerprint density at radius 3 is 2.51 bits per heavy atom. The van der Waals surface area contributed by atoms with Crippen molar-refractivity contribution in [1.29, 1.82) is 0 Å². The van der Waals surface area contributed by atoms with Crippen LogP contribution in [0.2, 0.25) is 0 Å². The molecular weight excluding hydrogens is 496 g/mol. The second-order valence-electron chi connectivity index (χ2n) is 8.88. The number of hydrogen-bond acceptors (Lipinski definition) is 7. The number of nitrogens with one attached hydrogen (secondary N) is 1. The van der Waals surface area contributed by atoms with Gasteiger partial charge in [-0.05, 0) is 57.0 Å². The first-order valence-electron chi connectivity index (χ1n) is 12.0. The van der Waals surface area contributed by atoms with E-state index < -0.39 is 21.8 Å². The van der Waals surface area contributed by atoms with Gasteiger partial charge in [0.05, 0.1) is 30.2 Å². The summed E-state index contributed by atoms with van der Waals surface area (Å²) in [7, 11) is -3.97. The van der Waals surface area contributed by atoms with E-state index in [-0.39, 0.29) is 17.2 Å². The molecule has 3 aromatic rings. The number of aryl methyl sites for hydroxylation is 2. The number of carbonyl (C=O) groups excluding carboxylic acids is 2. The standard InChI is InChI=1S/C27H30N2O7S/c1-4-34-26(31)23(28-18-30)16-21-17-29(37(32,33)22-10-8-19(2)9-11-22)24-7-5-6-20(25(21)24)12-13-27(3)35-14-15-36-27/h5-11,16-18H,4,12-15H2,1-3H3,(H,28,30)/b23-16+. The molecule has 0 bridgehead atoms. The van der Waals surface area contributed by atoms with Crippen LogP contribution < -0.4 is 5.32 Å². The fourth-order valence-electron chi connectivity index (χ4n) is 4.35. The minimum atomic E-state index is -3.97. The Morgan fingerprint density at radius 2 is 1.86 bits per heavy atom. The fraction of sp³-hybridized carbons (Fsp3) is 0.333. The first-order valence-corrected chi connectivity index (χ1v) is 13.4. The predicted molar refractivity (Wildman–Crippen MR) is 138 cm³/mol. The molecule has 1 aliphatic rings. The minimum Gasteiger partial charge on any atom is -0.461 e. The van der Waals surface area contributed by atoms with Gasteiger partial charge >= 0.3 is 5.97 Å². The van der Waals surface area contributed by atoms with Crippen molar-refractivity contribution in [3.63, 3.8) is 0 Å². The van der Waals surface area contributed by atoms with E-state index in [0.717, 1.165) is 11.1 Å². The Kier molecular flexibility index (Phi) is 7.82. The number of esters is 1. The largest absolute Gasteiger partial charge is 0.461 e. The number of amides is 1. The normalized spacial score (nSPS) is 15.6. The molecule has 1 saturated heterocycles. The van der Waals surface area contributed by atoms with Crippen LogP contribution >= 0.6 is 0 Å². The first kappa shape index (κ1) is 26.6. The average molecular weight is 527 g/mol. The summed E-state index contributed by atoms with van der Waals surface area (Å²) in [4.78, 5) is 23.8. The summed E-state index contributed by atoms with van der Waals surface area (Å²) >= 11 is 0. The number of carbonyl (C=O) groups is 2. The maximum absolute atomic E-state index is 13.7. The molecule has 196 valence electrons. The fourth-order valence-corrected chi connectivity index (χ4v) is 5.73. The van der Waals surface area contributed by atoms with Crippen molar-refractivity contribution >= 4 is 39.4 Å². The van der Waals surface area contributed by atoms with Gasteiger partial charge in [0.15, 0.2) is 5.79 Å². The van der Waals surface area contributed by atoms with Gasteiger partial charge in [0.1, 0.15) is 5.70 Å². The summed E-state index contributed by atoms with van der Waals surface area (Å²) in [6.07, 6.45) is 4.34. The third kappa shape index (κ3) is 5.61. The monoisotopic (exact) mass is 526 g/mol. The maximum atomic E-state index is 13.7. The quantitative estimate of drug-likeness (QED) is 0.244. The molecule has 2 aromatic carbocycles. The lowest BCUT2D eigenvalue weighted by Crippen LogP contribution is -2.26. The Labute approximate surface area is 216 Å². The van der Waals surface area contributed by atoms with Crippen molar-refractivity contribution in [2.45, 2.75) is 44.3 Å². The molecule has 0 saturated carbocycles. The van der Waals surface area contributed by atoms with Crippen LogP contribution in [0.5, 0.6) is 0 Å². The molecule has 0 unspecified atom stereocenters. The van der Waals surface area contributed by atoms with Crippen molar-refractivity contribution < 1.29 is 32.2 Å². The van der Waals surface area contributed by atoms with Crippen LogP contribution in [0.3, 0.4) is 0 Å². The van der Waals surface area contributed by atoms with Gasteiger partial charge in [0, 0.05) is 23.6 Å². The van der Waals surface area contributed by atoms with E-state index >= 15 is 0 Å². The summed E-state index contributed by atoms with van der Waals surface area (Å²) in [6.45, 7) is 6.55. The van der Waals surface area contributed by atoms with E-state index in [1.807, 2.05) is 19.9 Å². The Bertz CT molecular complexity index is 1430. The maximum Gasteiger partial charge on any atom is 0.354 e. The van der Waals surface area contributed by atoms with E-state index in [4.69, 9.17) is 14.2 Å². The smallest absolute Gasteiger partial charge is 0.354 e. The van der Waals surface area contributed by atoms with E-state index in [2.05, 4.69) is 5.32 Å². The zero-order valence-corrected chi connectivity index (χ0v) is 21.8. The first-order chi connectivity index (χ1) is 17.7. The lowest BCUT2D eigenvalue weighted by molar-refractivity contribution is -0.146. The minimum absolute atomic E-state index is 0.104. The molecule has 1 fully saturated rings. The molecule has 10 heteroatoms. The summed E-state index contributed by atoms with van der Waals surface area (Å²) in [5.74, 6) is -1.46. The lowest BCUT2D eigenvalue weighted by atomic mass is 9.99. The van der Waals surface area contributed by atoms with Crippen LogP contribution in [-0.4, -0.2) is 50.4 Å². The number of aromatic nitrogens is 1. The Morgan fingerprint density at radius 1 is 1.16 bits per heavy atom. The van der Waals surface area contributed by atoms with Crippen LogP contribution in [-0.2, 0) is 40.2 Å². The molecule has 0 spiro atoms. The molecule has 1 amide bonds. The van der Waals surface area contributed by atoms with Crippen molar-refractivity contribution in [3.8, 4) is 0 Å². The zero-order chi connectivity index (χ0) is 26.6. The summed E-state index contributed by atoms with van der Waals surface area (Å²) in [6, 6.07) is 12.0. The SMILES string of the molecule is CCOC(=O)/C(=C\c1cn(S(=O)(=O)c2ccc(C)cc2)c2cccc(CCC3(C)OCCO3)c12)NC=O. The van der Waals surface area contributed by atoms with Gasteiger partial charge in [-0.15, -0.1) is 0 Å². The highest BCUT2D eigenvalue weighted by Gasteiger charge is 2.31.